The van der Waals surface area contributed by atoms with Crippen molar-refractivity contribution in [1.29, 1.82) is 0 Å². The molecule has 5 heteroatoms. The molecule has 0 fully saturated rings. The van der Waals surface area contributed by atoms with Crippen LogP contribution in [0.25, 0.3) is 0 Å². The first-order valence-corrected chi connectivity index (χ1v) is 6.28. The summed E-state index contributed by atoms with van der Waals surface area (Å²) in [6.07, 6.45) is 1.71. The van der Waals surface area contributed by atoms with E-state index in [4.69, 9.17) is 5.73 Å². The number of thiazole rings is 1. The number of nitrogens with two attached hydrogens (primary N) is 1. The van der Waals surface area contributed by atoms with Crippen molar-refractivity contribution in [2.75, 3.05) is 17.7 Å². The molecule has 0 aromatic carbocycles. The average molecular weight is 248 g/mol. The van der Waals surface area contributed by atoms with Crippen LogP contribution in [0.4, 0.5) is 11.5 Å². The summed E-state index contributed by atoms with van der Waals surface area (Å²) in [4.78, 5) is 12.0. The van der Waals surface area contributed by atoms with Crippen LogP contribution in [0.2, 0.25) is 0 Å². The fourth-order valence-electron chi connectivity index (χ4n) is 1.53. The van der Waals surface area contributed by atoms with Crippen LogP contribution in [0.15, 0.2) is 17.8 Å². The van der Waals surface area contributed by atoms with E-state index in [0.29, 0.717) is 0 Å². The highest BCUT2D eigenvalue weighted by Gasteiger charge is 2.08. The van der Waals surface area contributed by atoms with E-state index in [9.17, 15) is 0 Å². The van der Waals surface area contributed by atoms with Gasteiger partial charge in [0.05, 0.1) is 29.6 Å². The molecule has 90 valence electrons. The normalized spacial score (nSPS) is 10.5. The van der Waals surface area contributed by atoms with Gasteiger partial charge in [-0.05, 0) is 25.5 Å². The predicted molar refractivity (Wildman–Crippen MR) is 72.3 cm³/mol. The van der Waals surface area contributed by atoms with Crippen molar-refractivity contribution in [2.45, 2.75) is 20.4 Å². The van der Waals surface area contributed by atoms with Crippen LogP contribution in [-0.4, -0.2) is 17.0 Å². The molecule has 4 nitrogen and oxygen atoms in total. The van der Waals surface area contributed by atoms with Gasteiger partial charge in [0.2, 0.25) is 0 Å². The third kappa shape index (κ3) is 2.55. The SMILES string of the molecule is Cc1cc(N(C)Cc2scnc2C)ncc1N. The topological polar surface area (TPSA) is 55.0 Å². The Bertz CT molecular complexity index is 521. The van der Waals surface area contributed by atoms with Gasteiger partial charge in [0.1, 0.15) is 5.82 Å². The quantitative estimate of drug-likeness (QED) is 0.906. The summed E-state index contributed by atoms with van der Waals surface area (Å²) in [6.45, 7) is 4.85. The van der Waals surface area contributed by atoms with Gasteiger partial charge in [-0.25, -0.2) is 9.97 Å². The highest BCUT2D eigenvalue weighted by Crippen LogP contribution is 2.20. The molecule has 0 radical (unpaired) electrons. The highest BCUT2D eigenvalue weighted by molar-refractivity contribution is 7.09. The molecular formula is C12H16N4S. The summed E-state index contributed by atoms with van der Waals surface area (Å²) >= 11 is 1.67. The molecule has 17 heavy (non-hydrogen) atoms. The average Bonchev–Trinajstić information content (AvgIpc) is 2.68. The van der Waals surface area contributed by atoms with E-state index < -0.39 is 0 Å². The van der Waals surface area contributed by atoms with Crippen LogP contribution in [0.5, 0.6) is 0 Å². The Morgan fingerprint density at radius 2 is 2.12 bits per heavy atom. The second-order valence-electron chi connectivity index (χ2n) is 4.12. The van der Waals surface area contributed by atoms with Gasteiger partial charge in [0.25, 0.3) is 0 Å². The zero-order valence-corrected chi connectivity index (χ0v) is 11.1. The van der Waals surface area contributed by atoms with Gasteiger partial charge in [-0.15, -0.1) is 11.3 Å². The van der Waals surface area contributed by atoms with Gasteiger partial charge in [-0.1, -0.05) is 0 Å². The van der Waals surface area contributed by atoms with E-state index in [-0.39, 0.29) is 0 Å². The minimum Gasteiger partial charge on any atom is -0.397 e. The Labute approximate surface area is 105 Å². The minimum absolute atomic E-state index is 0.733. The van der Waals surface area contributed by atoms with Gasteiger partial charge < -0.3 is 10.6 Å². The molecular weight excluding hydrogens is 232 g/mol. The maximum Gasteiger partial charge on any atom is 0.128 e. The van der Waals surface area contributed by atoms with E-state index in [1.807, 2.05) is 32.5 Å². The molecule has 0 atom stereocenters. The Morgan fingerprint density at radius 1 is 1.35 bits per heavy atom. The summed E-state index contributed by atoms with van der Waals surface area (Å²) < 4.78 is 0. The van der Waals surface area contributed by atoms with Crippen molar-refractivity contribution in [1.82, 2.24) is 9.97 Å². The van der Waals surface area contributed by atoms with Crippen molar-refractivity contribution in [3.05, 3.63) is 33.9 Å². The second-order valence-corrected chi connectivity index (χ2v) is 5.06. The van der Waals surface area contributed by atoms with E-state index in [0.717, 1.165) is 29.3 Å². The number of hydrogen-bond acceptors (Lipinski definition) is 5. The van der Waals surface area contributed by atoms with Gasteiger partial charge in [-0.3, -0.25) is 0 Å². The summed E-state index contributed by atoms with van der Waals surface area (Å²) in [5.74, 6) is 0.935. The van der Waals surface area contributed by atoms with Crippen LogP contribution in [0.3, 0.4) is 0 Å². The fraction of sp³-hybridized carbons (Fsp3) is 0.333. The maximum absolute atomic E-state index is 5.76. The number of hydrogen-bond donors (Lipinski definition) is 1. The van der Waals surface area contributed by atoms with E-state index in [1.54, 1.807) is 17.5 Å². The number of anilines is 2. The molecule has 2 N–H and O–H groups in total. The molecule has 0 saturated carbocycles. The maximum atomic E-state index is 5.76. The van der Waals surface area contributed by atoms with Crippen molar-refractivity contribution in [2.24, 2.45) is 0 Å². The van der Waals surface area contributed by atoms with Crippen LogP contribution >= 0.6 is 11.3 Å². The number of nitrogens with zero attached hydrogens (tertiary/aromatic N) is 3. The summed E-state index contributed by atoms with van der Waals surface area (Å²) in [5.41, 5.74) is 10.5. The molecule has 2 rings (SSSR count). The molecule has 2 aromatic heterocycles. The predicted octanol–water partition coefficient (Wildman–Crippen LogP) is 2.37. The second kappa shape index (κ2) is 4.71. The lowest BCUT2D eigenvalue weighted by atomic mass is 10.2. The molecule has 0 amide bonds. The lowest BCUT2D eigenvalue weighted by Crippen LogP contribution is -2.17. The molecule has 0 aliphatic carbocycles. The smallest absolute Gasteiger partial charge is 0.128 e. The Balaban J connectivity index is 2.17. The van der Waals surface area contributed by atoms with Crippen molar-refractivity contribution < 1.29 is 0 Å². The van der Waals surface area contributed by atoms with E-state index >= 15 is 0 Å². The zero-order chi connectivity index (χ0) is 12.4. The van der Waals surface area contributed by atoms with Crippen LogP contribution in [0, 0.1) is 13.8 Å². The van der Waals surface area contributed by atoms with Crippen LogP contribution in [0.1, 0.15) is 16.1 Å². The molecule has 0 aliphatic heterocycles. The van der Waals surface area contributed by atoms with E-state index in [2.05, 4.69) is 14.9 Å². The zero-order valence-electron chi connectivity index (χ0n) is 10.3. The summed E-state index contributed by atoms with van der Waals surface area (Å²) in [6, 6.07) is 2.01. The third-order valence-corrected chi connectivity index (χ3v) is 3.67. The summed E-state index contributed by atoms with van der Waals surface area (Å²) in [5, 5.41) is 0. The lowest BCUT2D eigenvalue weighted by molar-refractivity contribution is 0.900. The first-order chi connectivity index (χ1) is 8.08. The molecule has 2 aromatic rings. The third-order valence-electron chi connectivity index (χ3n) is 2.75. The van der Waals surface area contributed by atoms with Gasteiger partial charge in [0.15, 0.2) is 0 Å². The number of pyridine rings is 1. The standard InChI is InChI=1S/C12H16N4S/c1-8-4-12(14-5-10(8)13)16(3)6-11-9(2)15-7-17-11/h4-5,7H,6,13H2,1-3H3. The fourth-order valence-corrected chi connectivity index (χ4v) is 2.36. The van der Waals surface area contributed by atoms with Crippen LogP contribution in [-0.2, 0) is 6.54 Å². The molecule has 0 bridgehead atoms. The molecule has 0 saturated heterocycles. The Hall–Kier alpha value is -1.62. The Kier molecular flexibility index (Phi) is 3.28. The number of nitrogen functional groups attached to an aromatic ring is 1. The van der Waals surface area contributed by atoms with Crippen LogP contribution < -0.4 is 10.6 Å². The molecule has 0 spiro atoms. The van der Waals surface area contributed by atoms with Gasteiger partial charge in [-0.2, -0.15) is 0 Å². The molecule has 2 heterocycles. The number of rotatable bonds is 3. The largest absolute Gasteiger partial charge is 0.397 e. The van der Waals surface area contributed by atoms with Gasteiger partial charge >= 0.3 is 0 Å². The first-order valence-electron chi connectivity index (χ1n) is 5.40. The number of aromatic nitrogens is 2. The van der Waals surface area contributed by atoms with Crippen molar-refractivity contribution in [3.63, 3.8) is 0 Å². The molecule has 0 unspecified atom stereocenters. The van der Waals surface area contributed by atoms with Crippen molar-refractivity contribution >= 4 is 22.8 Å². The Morgan fingerprint density at radius 3 is 2.71 bits per heavy atom. The van der Waals surface area contributed by atoms with Gasteiger partial charge in [0, 0.05) is 11.9 Å². The monoisotopic (exact) mass is 248 g/mol. The first kappa shape index (κ1) is 11.9. The minimum atomic E-state index is 0.733. The lowest BCUT2D eigenvalue weighted by Gasteiger charge is -2.18. The van der Waals surface area contributed by atoms with E-state index in [1.165, 1.54) is 4.88 Å². The highest BCUT2D eigenvalue weighted by atomic mass is 32.1. The molecule has 0 aliphatic rings. The number of aryl methyl sites for hydroxylation is 2. The summed E-state index contributed by atoms with van der Waals surface area (Å²) in [7, 11) is 2.02. The van der Waals surface area contributed by atoms with Crippen molar-refractivity contribution in [3.8, 4) is 0 Å².